The Morgan fingerprint density at radius 2 is 1.77 bits per heavy atom. The third-order valence-electron chi connectivity index (χ3n) is 7.68. The molecular weight excluding hydrogens is 382 g/mol. The topological polar surface area (TPSA) is 69.1 Å². The van der Waals surface area contributed by atoms with Crippen LogP contribution in [0.25, 0.3) is 0 Å². The van der Waals surface area contributed by atoms with Crippen LogP contribution in [0, 0.1) is 10.8 Å². The summed E-state index contributed by atoms with van der Waals surface area (Å²) in [6, 6.07) is 3.70. The van der Waals surface area contributed by atoms with Gasteiger partial charge in [-0.15, -0.1) is 0 Å². The molecule has 4 amide bonds. The standard InChI is InChI=1S/C22H33N5O3/c1-5-25-14-10-22(19(25)29)16-27(20(30)23(2)3)15-21(22)8-12-26(13-9-21)18(28)17-7-6-11-24(17)4/h6-7,11H,5,8-10,12-16H2,1-4H3. The van der Waals surface area contributed by atoms with Gasteiger partial charge < -0.3 is 24.2 Å². The molecule has 3 fully saturated rings. The molecule has 1 aromatic rings. The van der Waals surface area contributed by atoms with Gasteiger partial charge in [-0.25, -0.2) is 4.79 Å². The molecule has 1 aromatic heterocycles. The summed E-state index contributed by atoms with van der Waals surface area (Å²) in [5.74, 6) is 0.236. The molecule has 0 radical (unpaired) electrons. The monoisotopic (exact) mass is 415 g/mol. The maximum atomic E-state index is 13.5. The molecule has 0 aromatic carbocycles. The summed E-state index contributed by atoms with van der Waals surface area (Å²) in [5.41, 5.74) is -0.0926. The first-order chi connectivity index (χ1) is 14.2. The van der Waals surface area contributed by atoms with E-state index in [4.69, 9.17) is 0 Å². The number of nitrogens with zero attached hydrogens (tertiary/aromatic N) is 5. The molecule has 0 N–H and O–H groups in total. The maximum absolute atomic E-state index is 13.5. The second-order valence-corrected chi connectivity index (χ2v) is 9.33. The molecular formula is C22H33N5O3. The van der Waals surface area contributed by atoms with Gasteiger partial charge in [0.1, 0.15) is 5.69 Å². The lowest BCUT2D eigenvalue weighted by Gasteiger charge is -2.46. The molecule has 3 aliphatic heterocycles. The van der Waals surface area contributed by atoms with Gasteiger partial charge in [-0.2, -0.15) is 0 Å². The van der Waals surface area contributed by atoms with E-state index in [2.05, 4.69) is 0 Å². The molecule has 1 unspecified atom stereocenters. The number of likely N-dealkylation sites (tertiary alicyclic amines) is 3. The number of carbonyl (C=O) groups is 3. The van der Waals surface area contributed by atoms with E-state index in [1.165, 1.54) is 0 Å². The SMILES string of the molecule is CCN1CCC2(CN(C(=O)N(C)C)CC23CCN(C(=O)c2cccn2C)CC3)C1=O. The van der Waals surface area contributed by atoms with Crippen molar-refractivity contribution in [1.29, 1.82) is 0 Å². The van der Waals surface area contributed by atoms with E-state index in [1.54, 1.807) is 19.0 Å². The van der Waals surface area contributed by atoms with Crippen molar-refractivity contribution in [3.8, 4) is 0 Å². The zero-order valence-electron chi connectivity index (χ0n) is 18.6. The van der Waals surface area contributed by atoms with E-state index in [-0.39, 0.29) is 23.3 Å². The molecule has 0 bridgehead atoms. The Labute approximate surface area is 178 Å². The van der Waals surface area contributed by atoms with Crippen LogP contribution in [0.4, 0.5) is 4.79 Å². The van der Waals surface area contributed by atoms with Gasteiger partial charge in [0, 0.05) is 72.0 Å². The Balaban J connectivity index is 1.59. The molecule has 8 heteroatoms. The van der Waals surface area contributed by atoms with Crippen molar-refractivity contribution in [2.75, 3.05) is 53.4 Å². The molecule has 30 heavy (non-hydrogen) atoms. The highest BCUT2D eigenvalue weighted by Gasteiger charge is 2.66. The summed E-state index contributed by atoms with van der Waals surface area (Å²) >= 11 is 0. The van der Waals surface area contributed by atoms with Crippen molar-refractivity contribution >= 4 is 17.8 Å². The van der Waals surface area contributed by atoms with Crippen LogP contribution >= 0.6 is 0 Å². The highest BCUT2D eigenvalue weighted by molar-refractivity contribution is 5.93. The maximum Gasteiger partial charge on any atom is 0.319 e. The van der Waals surface area contributed by atoms with E-state index in [0.717, 1.165) is 25.8 Å². The third kappa shape index (κ3) is 2.91. The number of urea groups is 1. The normalized spacial score (nSPS) is 25.6. The summed E-state index contributed by atoms with van der Waals surface area (Å²) in [6.45, 7) is 5.81. The fourth-order valence-corrected chi connectivity index (χ4v) is 5.88. The predicted octanol–water partition coefficient (Wildman–Crippen LogP) is 1.48. The lowest BCUT2D eigenvalue weighted by molar-refractivity contribution is -0.141. The van der Waals surface area contributed by atoms with Crippen molar-refractivity contribution in [2.45, 2.75) is 26.2 Å². The third-order valence-corrected chi connectivity index (χ3v) is 7.68. The lowest BCUT2D eigenvalue weighted by Crippen LogP contribution is -2.53. The first kappa shape index (κ1) is 20.8. The molecule has 2 spiro atoms. The number of fused-ring (bicyclic) bond motifs is 1. The van der Waals surface area contributed by atoms with Crippen LogP contribution in [0.3, 0.4) is 0 Å². The highest BCUT2D eigenvalue weighted by atomic mass is 16.2. The van der Waals surface area contributed by atoms with Gasteiger partial charge in [-0.3, -0.25) is 9.59 Å². The Bertz CT molecular complexity index is 855. The van der Waals surface area contributed by atoms with E-state index in [0.29, 0.717) is 38.4 Å². The molecule has 0 saturated carbocycles. The Morgan fingerprint density at radius 1 is 1.07 bits per heavy atom. The minimum Gasteiger partial charge on any atom is -0.347 e. The number of piperidine rings is 1. The van der Waals surface area contributed by atoms with Gasteiger partial charge in [0.25, 0.3) is 5.91 Å². The fourth-order valence-electron chi connectivity index (χ4n) is 5.88. The van der Waals surface area contributed by atoms with Crippen LogP contribution in [0.15, 0.2) is 18.3 Å². The summed E-state index contributed by atoms with van der Waals surface area (Å²) in [5, 5.41) is 0. The number of carbonyl (C=O) groups excluding carboxylic acids is 3. The van der Waals surface area contributed by atoms with E-state index < -0.39 is 5.41 Å². The van der Waals surface area contributed by atoms with Crippen LogP contribution in [-0.4, -0.2) is 95.4 Å². The Hall–Kier alpha value is -2.51. The van der Waals surface area contributed by atoms with Crippen molar-refractivity contribution in [1.82, 2.24) is 24.2 Å². The van der Waals surface area contributed by atoms with Gasteiger partial charge >= 0.3 is 6.03 Å². The van der Waals surface area contributed by atoms with Crippen molar-refractivity contribution in [3.63, 3.8) is 0 Å². The van der Waals surface area contributed by atoms with Crippen LogP contribution in [0.2, 0.25) is 0 Å². The minimum absolute atomic E-state index is 0.0312. The van der Waals surface area contributed by atoms with Gasteiger partial charge in [-0.05, 0) is 38.3 Å². The summed E-state index contributed by atoms with van der Waals surface area (Å²) in [4.78, 5) is 46.6. The zero-order chi connectivity index (χ0) is 21.7. The fraction of sp³-hybridized carbons (Fsp3) is 0.682. The van der Waals surface area contributed by atoms with Crippen molar-refractivity contribution < 1.29 is 14.4 Å². The molecule has 4 rings (SSSR count). The average Bonchev–Trinajstić information content (AvgIpc) is 3.39. The van der Waals surface area contributed by atoms with Gasteiger partial charge in [0.2, 0.25) is 5.91 Å². The van der Waals surface area contributed by atoms with E-state index >= 15 is 0 Å². The average molecular weight is 416 g/mol. The number of hydrogen-bond acceptors (Lipinski definition) is 3. The second-order valence-electron chi connectivity index (χ2n) is 9.33. The molecule has 4 heterocycles. The minimum atomic E-state index is -0.519. The highest BCUT2D eigenvalue weighted by Crippen LogP contribution is 2.58. The van der Waals surface area contributed by atoms with Crippen molar-refractivity contribution in [2.24, 2.45) is 17.9 Å². The Morgan fingerprint density at radius 3 is 2.30 bits per heavy atom. The van der Waals surface area contributed by atoms with Gasteiger partial charge in [0.05, 0.1) is 5.41 Å². The first-order valence-corrected chi connectivity index (χ1v) is 10.9. The molecule has 3 saturated heterocycles. The van der Waals surface area contributed by atoms with Crippen LogP contribution < -0.4 is 0 Å². The summed E-state index contributed by atoms with van der Waals surface area (Å²) < 4.78 is 1.85. The zero-order valence-corrected chi connectivity index (χ0v) is 18.6. The van der Waals surface area contributed by atoms with Crippen LogP contribution in [0.5, 0.6) is 0 Å². The predicted molar refractivity (Wildman–Crippen MR) is 113 cm³/mol. The second kappa shape index (κ2) is 7.32. The summed E-state index contributed by atoms with van der Waals surface area (Å²) in [7, 11) is 5.40. The van der Waals surface area contributed by atoms with Crippen LogP contribution in [0.1, 0.15) is 36.7 Å². The molecule has 1 atom stereocenters. The van der Waals surface area contributed by atoms with Gasteiger partial charge in [-0.1, -0.05) is 0 Å². The summed E-state index contributed by atoms with van der Waals surface area (Å²) in [6.07, 6.45) is 4.18. The quantitative estimate of drug-likeness (QED) is 0.735. The van der Waals surface area contributed by atoms with Crippen LogP contribution in [-0.2, 0) is 11.8 Å². The first-order valence-electron chi connectivity index (χ1n) is 10.9. The number of rotatable bonds is 2. The van der Waals surface area contributed by atoms with Gasteiger partial charge in [0.15, 0.2) is 0 Å². The van der Waals surface area contributed by atoms with E-state index in [1.807, 2.05) is 51.6 Å². The smallest absolute Gasteiger partial charge is 0.319 e. The largest absolute Gasteiger partial charge is 0.347 e. The lowest BCUT2D eigenvalue weighted by atomic mass is 9.60. The molecule has 0 aliphatic carbocycles. The van der Waals surface area contributed by atoms with E-state index in [9.17, 15) is 14.4 Å². The molecule has 8 nitrogen and oxygen atoms in total. The number of aromatic nitrogens is 1. The number of aryl methyl sites for hydroxylation is 1. The molecule has 164 valence electrons. The number of hydrogen-bond donors (Lipinski definition) is 0. The number of amides is 4. The Kier molecular flexibility index (Phi) is 5.06. The molecule has 3 aliphatic rings. The van der Waals surface area contributed by atoms with Crippen molar-refractivity contribution in [3.05, 3.63) is 24.0 Å².